The first-order chi connectivity index (χ1) is 7.33. The highest BCUT2D eigenvalue weighted by Gasteiger charge is 2.19. The van der Waals surface area contributed by atoms with E-state index in [2.05, 4.69) is 44.2 Å². The lowest BCUT2D eigenvalue weighted by atomic mass is 10.0. The van der Waals surface area contributed by atoms with Crippen LogP contribution in [0, 0.1) is 13.8 Å². The molecule has 1 aromatic heterocycles. The molecule has 92 valence electrons. The third-order valence-electron chi connectivity index (χ3n) is 3.23. The number of furan rings is 1. The SMILES string of the molecule is Cc1cc(CNCC(C)(C)N(C)C)c(C)o1. The molecule has 0 radical (unpaired) electrons. The van der Waals surface area contributed by atoms with Crippen molar-refractivity contribution in [3.05, 3.63) is 23.2 Å². The fourth-order valence-corrected chi connectivity index (χ4v) is 1.52. The lowest BCUT2D eigenvalue weighted by Gasteiger charge is -2.32. The lowest BCUT2D eigenvalue weighted by Crippen LogP contribution is -2.46. The van der Waals surface area contributed by atoms with Crippen molar-refractivity contribution in [1.82, 2.24) is 10.2 Å². The van der Waals surface area contributed by atoms with Crippen LogP contribution in [0.15, 0.2) is 10.5 Å². The third-order valence-corrected chi connectivity index (χ3v) is 3.23. The van der Waals surface area contributed by atoms with Gasteiger partial charge < -0.3 is 14.6 Å². The minimum Gasteiger partial charge on any atom is -0.466 e. The van der Waals surface area contributed by atoms with Crippen molar-refractivity contribution in [2.45, 2.75) is 39.8 Å². The van der Waals surface area contributed by atoms with Gasteiger partial charge in [0.05, 0.1) is 0 Å². The minimum atomic E-state index is 0.173. The van der Waals surface area contributed by atoms with Crippen molar-refractivity contribution in [2.24, 2.45) is 0 Å². The molecule has 0 amide bonds. The topological polar surface area (TPSA) is 28.4 Å². The van der Waals surface area contributed by atoms with Crippen LogP contribution in [-0.2, 0) is 6.54 Å². The van der Waals surface area contributed by atoms with Gasteiger partial charge in [0.15, 0.2) is 0 Å². The Kier molecular flexibility index (Phi) is 4.16. The number of likely N-dealkylation sites (N-methyl/N-ethyl adjacent to an activating group) is 1. The molecule has 0 fully saturated rings. The number of nitrogens with one attached hydrogen (secondary N) is 1. The molecular formula is C13H24N2O. The lowest BCUT2D eigenvalue weighted by molar-refractivity contribution is 0.189. The van der Waals surface area contributed by atoms with Crippen LogP contribution >= 0.6 is 0 Å². The molecular weight excluding hydrogens is 200 g/mol. The summed E-state index contributed by atoms with van der Waals surface area (Å²) in [5.74, 6) is 2.01. The first-order valence-corrected chi connectivity index (χ1v) is 5.77. The van der Waals surface area contributed by atoms with Crippen molar-refractivity contribution in [1.29, 1.82) is 0 Å². The fraction of sp³-hybridized carbons (Fsp3) is 0.692. The summed E-state index contributed by atoms with van der Waals surface area (Å²) in [5.41, 5.74) is 1.43. The van der Waals surface area contributed by atoms with Crippen molar-refractivity contribution in [3.63, 3.8) is 0 Å². The van der Waals surface area contributed by atoms with Crippen LogP contribution < -0.4 is 5.32 Å². The highest BCUT2D eigenvalue weighted by molar-refractivity contribution is 5.19. The van der Waals surface area contributed by atoms with Gasteiger partial charge in [-0.25, -0.2) is 0 Å². The molecule has 0 aromatic carbocycles. The number of nitrogens with zero attached hydrogens (tertiary/aromatic N) is 1. The first-order valence-electron chi connectivity index (χ1n) is 5.77. The first kappa shape index (κ1) is 13.3. The molecule has 1 heterocycles. The van der Waals surface area contributed by atoms with Crippen molar-refractivity contribution in [2.75, 3.05) is 20.6 Å². The van der Waals surface area contributed by atoms with Crippen LogP contribution in [0.1, 0.15) is 30.9 Å². The van der Waals surface area contributed by atoms with Gasteiger partial charge in [-0.3, -0.25) is 0 Å². The van der Waals surface area contributed by atoms with Crippen molar-refractivity contribution in [3.8, 4) is 0 Å². The highest BCUT2D eigenvalue weighted by Crippen LogP contribution is 2.14. The summed E-state index contributed by atoms with van der Waals surface area (Å²) >= 11 is 0. The molecule has 0 spiro atoms. The predicted octanol–water partition coefficient (Wildman–Crippen LogP) is 2.33. The van der Waals surface area contributed by atoms with E-state index in [-0.39, 0.29) is 5.54 Å². The van der Waals surface area contributed by atoms with Crippen LogP contribution in [-0.4, -0.2) is 31.1 Å². The van der Waals surface area contributed by atoms with E-state index in [9.17, 15) is 0 Å². The van der Waals surface area contributed by atoms with E-state index in [0.29, 0.717) is 0 Å². The molecule has 0 unspecified atom stereocenters. The molecule has 3 nitrogen and oxygen atoms in total. The highest BCUT2D eigenvalue weighted by atomic mass is 16.3. The van der Waals surface area contributed by atoms with Crippen LogP contribution in [0.2, 0.25) is 0 Å². The van der Waals surface area contributed by atoms with Gasteiger partial charge in [-0.2, -0.15) is 0 Å². The summed E-state index contributed by atoms with van der Waals surface area (Å²) in [6.07, 6.45) is 0. The van der Waals surface area contributed by atoms with Gasteiger partial charge in [-0.15, -0.1) is 0 Å². The number of aryl methyl sites for hydroxylation is 2. The second-order valence-corrected chi connectivity index (χ2v) is 5.25. The van der Waals surface area contributed by atoms with E-state index in [1.165, 1.54) is 5.56 Å². The van der Waals surface area contributed by atoms with E-state index in [1.54, 1.807) is 0 Å². The molecule has 1 rings (SSSR count). The molecule has 0 saturated carbocycles. The molecule has 0 aliphatic rings. The second kappa shape index (κ2) is 5.02. The van der Waals surface area contributed by atoms with Gasteiger partial charge in [-0.1, -0.05) is 0 Å². The van der Waals surface area contributed by atoms with E-state index in [0.717, 1.165) is 24.6 Å². The Hall–Kier alpha value is -0.800. The van der Waals surface area contributed by atoms with E-state index in [4.69, 9.17) is 4.42 Å². The zero-order valence-corrected chi connectivity index (χ0v) is 11.3. The maximum Gasteiger partial charge on any atom is 0.105 e. The van der Waals surface area contributed by atoms with Gasteiger partial charge in [-0.05, 0) is 47.9 Å². The number of hydrogen-bond donors (Lipinski definition) is 1. The maximum atomic E-state index is 5.49. The van der Waals surface area contributed by atoms with Gasteiger partial charge in [0.2, 0.25) is 0 Å². The van der Waals surface area contributed by atoms with Crippen molar-refractivity contribution < 1.29 is 4.42 Å². The predicted molar refractivity (Wildman–Crippen MR) is 67.7 cm³/mol. The van der Waals surface area contributed by atoms with Crippen LogP contribution in [0.5, 0.6) is 0 Å². The van der Waals surface area contributed by atoms with Gasteiger partial charge in [0.1, 0.15) is 11.5 Å². The zero-order valence-electron chi connectivity index (χ0n) is 11.3. The molecule has 1 N–H and O–H groups in total. The summed E-state index contributed by atoms with van der Waals surface area (Å²) in [5, 5.41) is 3.48. The van der Waals surface area contributed by atoms with E-state index >= 15 is 0 Å². The Morgan fingerprint density at radius 3 is 2.38 bits per heavy atom. The largest absolute Gasteiger partial charge is 0.466 e. The molecule has 0 atom stereocenters. The molecule has 0 bridgehead atoms. The van der Waals surface area contributed by atoms with E-state index < -0.39 is 0 Å². The van der Waals surface area contributed by atoms with Gasteiger partial charge in [0, 0.05) is 24.2 Å². The summed E-state index contributed by atoms with van der Waals surface area (Å²) < 4.78 is 5.49. The summed E-state index contributed by atoms with van der Waals surface area (Å²) in [6, 6.07) is 2.10. The molecule has 0 saturated heterocycles. The quantitative estimate of drug-likeness (QED) is 0.832. The standard InChI is InChI=1S/C13H24N2O/c1-10-7-12(11(2)16-10)8-14-9-13(3,4)15(5)6/h7,14H,8-9H2,1-6H3. The Labute approximate surface area is 98.8 Å². The van der Waals surface area contributed by atoms with Crippen LogP contribution in [0.25, 0.3) is 0 Å². The average Bonchev–Trinajstić information content (AvgIpc) is 2.44. The summed E-state index contributed by atoms with van der Waals surface area (Å²) in [4.78, 5) is 2.23. The summed E-state index contributed by atoms with van der Waals surface area (Å²) in [6.45, 7) is 10.3. The monoisotopic (exact) mass is 224 g/mol. The molecule has 1 aromatic rings. The van der Waals surface area contributed by atoms with Crippen LogP contribution in [0.3, 0.4) is 0 Å². The normalized spacial score (nSPS) is 12.4. The second-order valence-electron chi connectivity index (χ2n) is 5.25. The average molecular weight is 224 g/mol. The minimum absolute atomic E-state index is 0.173. The zero-order chi connectivity index (χ0) is 12.3. The van der Waals surface area contributed by atoms with Crippen molar-refractivity contribution >= 4 is 0 Å². The Bertz CT molecular complexity index is 340. The molecule has 0 aliphatic heterocycles. The smallest absolute Gasteiger partial charge is 0.105 e. The van der Waals surface area contributed by atoms with Gasteiger partial charge >= 0.3 is 0 Å². The Morgan fingerprint density at radius 2 is 1.94 bits per heavy atom. The summed E-state index contributed by atoms with van der Waals surface area (Å²) in [7, 11) is 4.21. The molecule has 0 aliphatic carbocycles. The third kappa shape index (κ3) is 3.35. The van der Waals surface area contributed by atoms with Crippen LogP contribution in [0.4, 0.5) is 0 Å². The Balaban J connectivity index is 2.44. The molecule has 16 heavy (non-hydrogen) atoms. The van der Waals surface area contributed by atoms with E-state index in [1.807, 2.05) is 13.8 Å². The molecule has 3 heteroatoms. The Morgan fingerprint density at radius 1 is 1.31 bits per heavy atom. The number of hydrogen-bond acceptors (Lipinski definition) is 3. The maximum absolute atomic E-state index is 5.49. The fourth-order valence-electron chi connectivity index (χ4n) is 1.52. The number of rotatable bonds is 5. The van der Waals surface area contributed by atoms with Gasteiger partial charge in [0.25, 0.3) is 0 Å².